The first-order valence-corrected chi connectivity index (χ1v) is 8.12. The minimum absolute atomic E-state index is 0.0555. The van der Waals surface area contributed by atoms with E-state index in [2.05, 4.69) is 20.2 Å². The second kappa shape index (κ2) is 6.35. The third-order valence-corrected chi connectivity index (χ3v) is 4.21. The monoisotopic (exact) mass is 336 g/mol. The van der Waals surface area contributed by atoms with Crippen LogP contribution in [-0.4, -0.2) is 29.0 Å². The smallest absolute Gasteiger partial charge is 0.349 e. The van der Waals surface area contributed by atoms with Crippen LogP contribution in [0.15, 0.2) is 51.9 Å². The van der Waals surface area contributed by atoms with Gasteiger partial charge in [0.25, 0.3) is 5.91 Å². The highest BCUT2D eigenvalue weighted by Crippen LogP contribution is 2.20. The standard InChI is InChI=1S/C18H16N4O3/c23-17(13-9-12-5-1-2-6-14(12)25-18(13)24)21-15-10-16(20-11-19-15)22-7-3-4-8-22/h1-2,5-6,9-11H,3-4,7-8H2,(H,19,20,21,23). The van der Waals surface area contributed by atoms with E-state index in [0.717, 1.165) is 31.7 Å². The Kier molecular flexibility index (Phi) is 3.89. The normalized spacial score (nSPS) is 14.0. The summed E-state index contributed by atoms with van der Waals surface area (Å²) in [5.74, 6) is 0.577. The molecule has 0 radical (unpaired) electrons. The number of para-hydroxylation sites is 1. The molecule has 3 heterocycles. The van der Waals surface area contributed by atoms with E-state index < -0.39 is 11.5 Å². The number of carbonyl (C=O) groups is 1. The zero-order valence-corrected chi connectivity index (χ0v) is 13.4. The van der Waals surface area contributed by atoms with Gasteiger partial charge in [-0.15, -0.1) is 0 Å². The second-order valence-corrected chi connectivity index (χ2v) is 5.90. The molecule has 25 heavy (non-hydrogen) atoms. The molecule has 0 atom stereocenters. The van der Waals surface area contributed by atoms with Crippen molar-refractivity contribution in [3.05, 3.63) is 58.7 Å². The number of hydrogen-bond acceptors (Lipinski definition) is 6. The van der Waals surface area contributed by atoms with Crippen molar-refractivity contribution in [2.75, 3.05) is 23.3 Å². The number of anilines is 2. The van der Waals surface area contributed by atoms with Crippen molar-refractivity contribution in [1.82, 2.24) is 9.97 Å². The summed E-state index contributed by atoms with van der Waals surface area (Å²) >= 11 is 0. The van der Waals surface area contributed by atoms with Crippen LogP contribution in [0.2, 0.25) is 0 Å². The zero-order valence-electron chi connectivity index (χ0n) is 13.4. The van der Waals surface area contributed by atoms with Crippen LogP contribution in [-0.2, 0) is 0 Å². The van der Waals surface area contributed by atoms with Crippen molar-refractivity contribution >= 4 is 28.5 Å². The van der Waals surface area contributed by atoms with Crippen LogP contribution in [0, 0.1) is 0 Å². The fraction of sp³-hybridized carbons (Fsp3) is 0.222. The van der Waals surface area contributed by atoms with Crippen LogP contribution in [0.3, 0.4) is 0 Å². The van der Waals surface area contributed by atoms with Crippen LogP contribution in [0.5, 0.6) is 0 Å². The first kappa shape index (κ1) is 15.3. The van der Waals surface area contributed by atoms with Crippen molar-refractivity contribution in [3.8, 4) is 0 Å². The van der Waals surface area contributed by atoms with Crippen molar-refractivity contribution in [2.45, 2.75) is 12.8 Å². The van der Waals surface area contributed by atoms with Gasteiger partial charge in [0, 0.05) is 24.5 Å². The van der Waals surface area contributed by atoms with Crippen molar-refractivity contribution < 1.29 is 9.21 Å². The number of hydrogen-bond donors (Lipinski definition) is 1. The molecule has 0 bridgehead atoms. The van der Waals surface area contributed by atoms with Gasteiger partial charge in [-0.05, 0) is 25.0 Å². The van der Waals surface area contributed by atoms with Gasteiger partial charge in [-0.25, -0.2) is 14.8 Å². The molecule has 0 spiro atoms. The summed E-state index contributed by atoms with van der Waals surface area (Å²) in [6.07, 6.45) is 3.67. The number of carbonyl (C=O) groups excluding carboxylic acids is 1. The molecule has 1 aliphatic heterocycles. The van der Waals surface area contributed by atoms with Crippen LogP contribution < -0.4 is 15.8 Å². The van der Waals surface area contributed by atoms with Gasteiger partial charge in [0.05, 0.1) is 0 Å². The van der Waals surface area contributed by atoms with E-state index in [1.807, 2.05) is 6.07 Å². The summed E-state index contributed by atoms with van der Waals surface area (Å²) in [5.41, 5.74) is -0.285. The first-order valence-electron chi connectivity index (χ1n) is 8.12. The average molecular weight is 336 g/mol. The fourth-order valence-corrected chi connectivity index (χ4v) is 2.94. The van der Waals surface area contributed by atoms with E-state index in [1.165, 1.54) is 12.4 Å². The predicted molar refractivity (Wildman–Crippen MR) is 93.9 cm³/mol. The summed E-state index contributed by atoms with van der Waals surface area (Å²) in [7, 11) is 0. The van der Waals surface area contributed by atoms with Gasteiger partial charge in [0.1, 0.15) is 29.1 Å². The lowest BCUT2D eigenvalue weighted by Gasteiger charge is -2.16. The van der Waals surface area contributed by atoms with Crippen LogP contribution >= 0.6 is 0 Å². The van der Waals surface area contributed by atoms with Gasteiger partial charge in [-0.3, -0.25) is 4.79 Å². The Bertz CT molecular complexity index is 993. The third-order valence-electron chi connectivity index (χ3n) is 4.21. The largest absolute Gasteiger partial charge is 0.422 e. The Morgan fingerprint density at radius 1 is 1.12 bits per heavy atom. The van der Waals surface area contributed by atoms with Gasteiger partial charge >= 0.3 is 5.63 Å². The Morgan fingerprint density at radius 3 is 2.76 bits per heavy atom. The molecule has 126 valence electrons. The highest BCUT2D eigenvalue weighted by molar-refractivity contribution is 6.05. The minimum atomic E-state index is -0.676. The quantitative estimate of drug-likeness (QED) is 0.739. The van der Waals surface area contributed by atoms with Crippen molar-refractivity contribution in [1.29, 1.82) is 0 Å². The number of rotatable bonds is 3. The summed E-state index contributed by atoms with van der Waals surface area (Å²) in [4.78, 5) is 35.0. The SMILES string of the molecule is O=C(Nc1cc(N2CCCC2)ncn1)c1cc2ccccc2oc1=O. The number of nitrogens with zero attached hydrogens (tertiary/aromatic N) is 3. The summed E-state index contributed by atoms with van der Waals surface area (Å²) in [6.45, 7) is 1.89. The average Bonchev–Trinajstić information content (AvgIpc) is 3.16. The molecule has 0 aliphatic carbocycles. The number of aromatic nitrogens is 2. The lowest BCUT2D eigenvalue weighted by Crippen LogP contribution is -2.22. The van der Waals surface area contributed by atoms with Gasteiger partial charge in [-0.1, -0.05) is 18.2 Å². The topological polar surface area (TPSA) is 88.3 Å². The van der Waals surface area contributed by atoms with E-state index in [9.17, 15) is 9.59 Å². The van der Waals surface area contributed by atoms with E-state index in [4.69, 9.17) is 4.42 Å². The molecule has 1 saturated heterocycles. The van der Waals surface area contributed by atoms with Gasteiger partial charge in [0.15, 0.2) is 0 Å². The van der Waals surface area contributed by atoms with Gasteiger partial charge in [0.2, 0.25) is 0 Å². The maximum Gasteiger partial charge on any atom is 0.349 e. The van der Waals surface area contributed by atoms with E-state index in [0.29, 0.717) is 16.8 Å². The Balaban J connectivity index is 1.61. The Labute approximate surface area is 143 Å². The van der Waals surface area contributed by atoms with E-state index >= 15 is 0 Å². The fourth-order valence-electron chi connectivity index (χ4n) is 2.94. The molecular formula is C18H16N4O3. The summed E-state index contributed by atoms with van der Waals surface area (Å²) in [5, 5.41) is 3.34. The van der Waals surface area contributed by atoms with Crippen LogP contribution in [0.4, 0.5) is 11.6 Å². The molecule has 1 fully saturated rings. The van der Waals surface area contributed by atoms with Gasteiger partial charge < -0.3 is 14.6 Å². The molecule has 1 aromatic carbocycles. The highest BCUT2D eigenvalue weighted by Gasteiger charge is 2.17. The second-order valence-electron chi connectivity index (χ2n) is 5.90. The lowest BCUT2D eigenvalue weighted by molar-refractivity contribution is 0.102. The Morgan fingerprint density at radius 2 is 1.92 bits per heavy atom. The predicted octanol–water partition coefficient (Wildman–Crippen LogP) is 2.44. The van der Waals surface area contributed by atoms with Crippen molar-refractivity contribution in [2.24, 2.45) is 0 Å². The molecule has 1 N–H and O–H groups in total. The number of benzene rings is 1. The molecule has 2 aromatic heterocycles. The zero-order chi connectivity index (χ0) is 17.2. The van der Waals surface area contributed by atoms with Gasteiger partial charge in [-0.2, -0.15) is 0 Å². The van der Waals surface area contributed by atoms with E-state index in [1.54, 1.807) is 24.3 Å². The molecule has 7 heteroatoms. The molecule has 1 amide bonds. The molecule has 0 saturated carbocycles. The first-order chi connectivity index (χ1) is 12.2. The van der Waals surface area contributed by atoms with Crippen molar-refractivity contribution in [3.63, 3.8) is 0 Å². The lowest BCUT2D eigenvalue weighted by atomic mass is 10.2. The molecular weight excluding hydrogens is 320 g/mol. The number of amides is 1. The maximum atomic E-state index is 12.5. The third kappa shape index (κ3) is 3.08. The molecule has 1 aliphatic rings. The summed E-state index contributed by atoms with van der Waals surface area (Å²) in [6, 6.07) is 10.3. The Hall–Kier alpha value is -3.22. The molecule has 4 rings (SSSR count). The molecule has 3 aromatic rings. The molecule has 7 nitrogen and oxygen atoms in total. The maximum absolute atomic E-state index is 12.5. The summed E-state index contributed by atoms with van der Waals surface area (Å²) < 4.78 is 5.20. The number of fused-ring (bicyclic) bond motifs is 1. The van der Waals surface area contributed by atoms with Crippen LogP contribution in [0.1, 0.15) is 23.2 Å². The highest BCUT2D eigenvalue weighted by atomic mass is 16.4. The van der Waals surface area contributed by atoms with E-state index in [-0.39, 0.29) is 5.56 Å². The van der Waals surface area contributed by atoms with Crippen LogP contribution in [0.25, 0.3) is 11.0 Å². The minimum Gasteiger partial charge on any atom is -0.422 e. The number of nitrogens with one attached hydrogen (secondary N) is 1. The molecule has 0 unspecified atom stereocenters.